The van der Waals surface area contributed by atoms with Crippen molar-refractivity contribution in [2.24, 2.45) is 0 Å². The molecule has 0 bridgehead atoms. The van der Waals surface area contributed by atoms with Crippen molar-refractivity contribution in [3.63, 3.8) is 0 Å². The Labute approximate surface area is 143 Å². The molecular formula is C17H17N3OS2. The van der Waals surface area contributed by atoms with Crippen LogP contribution in [0.25, 0.3) is 0 Å². The fourth-order valence-corrected chi connectivity index (χ4v) is 4.15. The number of hydrogen-bond donors (Lipinski definition) is 1. The van der Waals surface area contributed by atoms with E-state index < -0.39 is 0 Å². The Morgan fingerprint density at radius 2 is 1.78 bits per heavy atom. The number of benzene rings is 2. The summed E-state index contributed by atoms with van der Waals surface area (Å²) in [5.74, 6) is 0.787. The average molecular weight is 343 g/mol. The smallest absolute Gasteiger partial charge is 0.210 e. The first kappa shape index (κ1) is 15.8. The molecule has 2 aromatic carbocycles. The van der Waals surface area contributed by atoms with Gasteiger partial charge in [0.2, 0.25) is 5.13 Å². The number of nitrogens with one attached hydrogen (secondary N) is 1. The van der Waals surface area contributed by atoms with E-state index in [0.717, 1.165) is 20.9 Å². The molecule has 0 amide bonds. The lowest BCUT2D eigenvalue weighted by Crippen LogP contribution is -1.93. The third-order valence-corrected chi connectivity index (χ3v) is 5.38. The maximum absolute atomic E-state index is 5.34. The van der Waals surface area contributed by atoms with Crippen LogP contribution < -0.4 is 10.1 Å². The van der Waals surface area contributed by atoms with Crippen LogP contribution in [0, 0.1) is 0 Å². The highest BCUT2D eigenvalue weighted by molar-refractivity contribution is 8.01. The maximum atomic E-state index is 5.34. The summed E-state index contributed by atoms with van der Waals surface area (Å²) in [6, 6.07) is 18.2. The fourth-order valence-electron chi connectivity index (χ4n) is 2.11. The molecule has 4 nitrogen and oxygen atoms in total. The van der Waals surface area contributed by atoms with Crippen molar-refractivity contribution in [2.75, 3.05) is 12.4 Å². The number of anilines is 2. The van der Waals surface area contributed by atoms with Gasteiger partial charge in [0.1, 0.15) is 5.75 Å². The van der Waals surface area contributed by atoms with Crippen molar-refractivity contribution in [2.45, 2.75) is 16.5 Å². The van der Waals surface area contributed by atoms with E-state index >= 15 is 0 Å². The van der Waals surface area contributed by atoms with E-state index in [9.17, 15) is 0 Å². The molecule has 1 atom stereocenters. The Bertz CT molecular complexity index is 761. The van der Waals surface area contributed by atoms with Crippen LogP contribution in [0.3, 0.4) is 0 Å². The minimum absolute atomic E-state index is 0.336. The highest BCUT2D eigenvalue weighted by atomic mass is 32.2. The van der Waals surface area contributed by atoms with Crippen LogP contribution in [0.1, 0.15) is 17.7 Å². The van der Waals surface area contributed by atoms with Gasteiger partial charge in [0.25, 0.3) is 0 Å². The molecule has 118 valence electrons. The lowest BCUT2D eigenvalue weighted by Gasteiger charge is -2.08. The third-order valence-electron chi connectivity index (χ3n) is 3.30. The summed E-state index contributed by atoms with van der Waals surface area (Å²) in [6.07, 6.45) is 0. The molecule has 0 aliphatic rings. The average Bonchev–Trinajstić information content (AvgIpc) is 3.03. The molecular weight excluding hydrogens is 326 g/mol. The van der Waals surface area contributed by atoms with Gasteiger partial charge in [-0.3, -0.25) is 0 Å². The third kappa shape index (κ3) is 4.03. The van der Waals surface area contributed by atoms with E-state index in [1.165, 1.54) is 5.56 Å². The fraction of sp³-hybridized carbons (Fsp3) is 0.176. The number of methoxy groups -OCH3 is 1. The summed E-state index contributed by atoms with van der Waals surface area (Å²) in [5.41, 5.74) is 2.17. The maximum Gasteiger partial charge on any atom is 0.210 e. The van der Waals surface area contributed by atoms with Crippen molar-refractivity contribution in [1.82, 2.24) is 10.2 Å². The van der Waals surface area contributed by atoms with Gasteiger partial charge in [-0.15, -0.1) is 10.2 Å². The lowest BCUT2D eigenvalue weighted by molar-refractivity contribution is 0.417. The first-order valence-corrected chi connectivity index (χ1v) is 8.91. The standard InChI is InChI=1S/C17H17N3OS2/c1-12(13-8-4-3-5-9-13)22-17-20-19-16(23-17)18-14-10-6-7-11-15(14)21-2/h3-12H,1-2H3,(H,18,19)/t12-/m1/s1. The summed E-state index contributed by atoms with van der Waals surface area (Å²) in [4.78, 5) is 0. The van der Waals surface area contributed by atoms with Crippen LogP contribution in [-0.4, -0.2) is 17.3 Å². The quantitative estimate of drug-likeness (QED) is 0.628. The van der Waals surface area contributed by atoms with E-state index in [4.69, 9.17) is 4.74 Å². The van der Waals surface area contributed by atoms with Gasteiger partial charge >= 0.3 is 0 Å². The molecule has 0 aliphatic carbocycles. The van der Waals surface area contributed by atoms with E-state index in [1.54, 1.807) is 30.2 Å². The summed E-state index contributed by atoms with van der Waals surface area (Å²) in [7, 11) is 1.66. The van der Waals surface area contributed by atoms with Crippen LogP contribution in [0.2, 0.25) is 0 Å². The predicted octanol–water partition coefficient (Wildman–Crippen LogP) is 5.14. The molecule has 0 aliphatic heterocycles. The number of aromatic nitrogens is 2. The second-order valence-corrected chi connectivity index (χ2v) is 7.43. The van der Waals surface area contributed by atoms with Crippen LogP contribution in [-0.2, 0) is 0 Å². The molecule has 1 N–H and O–H groups in total. The molecule has 0 unspecified atom stereocenters. The molecule has 0 saturated heterocycles. The molecule has 3 rings (SSSR count). The second kappa shape index (κ2) is 7.48. The van der Waals surface area contributed by atoms with Gasteiger partial charge in [0.15, 0.2) is 4.34 Å². The van der Waals surface area contributed by atoms with Crippen LogP contribution in [0.5, 0.6) is 5.75 Å². The number of para-hydroxylation sites is 2. The van der Waals surface area contributed by atoms with Crippen molar-refractivity contribution in [3.05, 3.63) is 60.2 Å². The largest absolute Gasteiger partial charge is 0.495 e. The topological polar surface area (TPSA) is 47.0 Å². The SMILES string of the molecule is COc1ccccc1Nc1nnc(S[C@H](C)c2ccccc2)s1. The van der Waals surface area contributed by atoms with Crippen molar-refractivity contribution in [1.29, 1.82) is 0 Å². The first-order valence-electron chi connectivity index (χ1n) is 7.21. The van der Waals surface area contributed by atoms with Gasteiger partial charge in [0, 0.05) is 5.25 Å². The molecule has 0 saturated carbocycles. The predicted molar refractivity (Wildman–Crippen MR) is 96.9 cm³/mol. The Kier molecular flexibility index (Phi) is 5.15. The Balaban J connectivity index is 1.69. The lowest BCUT2D eigenvalue weighted by atomic mass is 10.2. The van der Waals surface area contributed by atoms with Gasteiger partial charge < -0.3 is 10.1 Å². The number of hydrogen-bond acceptors (Lipinski definition) is 6. The van der Waals surface area contributed by atoms with Gasteiger partial charge in [-0.2, -0.15) is 0 Å². The summed E-state index contributed by atoms with van der Waals surface area (Å²) < 4.78 is 6.28. The molecule has 0 radical (unpaired) electrons. The highest BCUT2D eigenvalue weighted by Gasteiger charge is 2.12. The zero-order valence-corrected chi connectivity index (χ0v) is 14.5. The van der Waals surface area contributed by atoms with Crippen LogP contribution in [0.4, 0.5) is 10.8 Å². The van der Waals surface area contributed by atoms with E-state index in [2.05, 4.69) is 46.7 Å². The van der Waals surface area contributed by atoms with E-state index in [0.29, 0.717) is 5.25 Å². The van der Waals surface area contributed by atoms with Crippen molar-refractivity contribution in [3.8, 4) is 5.75 Å². The Hall–Kier alpha value is -2.05. The summed E-state index contributed by atoms with van der Waals surface area (Å²) >= 11 is 3.26. The second-order valence-electron chi connectivity index (χ2n) is 4.87. The number of thioether (sulfide) groups is 1. The van der Waals surface area contributed by atoms with Gasteiger partial charge in [-0.25, -0.2) is 0 Å². The van der Waals surface area contributed by atoms with E-state index in [-0.39, 0.29) is 0 Å². The molecule has 6 heteroatoms. The molecule has 23 heavy (non-hydrogen) atoms. The normalized spacial score (nSPS) is 11.9. The Morgan fingerprint density at radius 1 is 1.04 bits per heavy atom. The summed E-state index contributed by atoms with van der Waals surface area (Å²) in [6.45, 7) is 2.18. The highest BCUT2D eigenvalue weighted by Crippen LogP contribution is 2.38. The molecule has 0 spiro atoms. The van der Waals surface area contributed by atoms with Gasteiger partial charge in [-0.05, 0) is 24.6 Å². The van der Waals surface area contributed by atoms with Gasteiger partial charge in [0.05, 0.1) is 12.8 Å². The minimum atomic E-state index is 0.336. The number of nitrogens with zero attached hydrogens (tertiary/aromatic N) is 2. The molecule has 3 aromatic rings. The monoisotopic (exact) mass is 343 g/mol. The minimum Gasteiger partial charge on any atom is -0.495 e. The molecule has 1 aromatic heterocycles. The molecule has 0 fully saturated rings. The summed E-state index contributed by atoms with van der Waals surface area (Å²) in [5, 5.41) is 12.8. The van der Waals surface area contributed by atoms with Crippen molar-refractivity contribution >= 4 is 33.9 Å². The zero-order chi connectivity index (χ0) is 16.1. The van der Waals surface area contributed by atoms with Gasteiger partial charge in [-0.1, -0.05) is 65.6 Å². The van der Waals surface area contributed by atoms with Crippen LogP contribution >= 0.6 is 23.1 Å². The van der Waals surface area contributed by atoms with Crippen LogP contribution in [0.15, 0.2) is 58.9 Å². The van der Waals surface area contributed by atoms with Crippen molar-refractivity contribution < 1.29 is 4.74 Å². The first-order chi connectivity index (χ1) is 11.3. The zero-order valence-electron chi connectivity index (χ0n) is 12.9. The van der Waals surface area contributed by atoms with E-state index in [1.807, 2.05) is 30.3 Å². The Morgan fingerprint density at radius 3 is 2.57 bits per heavy atom. The molecule has 1 heterocycles. The number of ether oxygens (including phenoxy) is 1. The number of rotatable bonds is 6.